The van der Waals surface area contributed by atoms with Gasteiger partial charge in [0.2, 0.25) is 0 Å². The molecule has 114 valence electrons. The summed E-state index contributed by atoms with van der Waals surface area (Å²) < 4.78 is 45.4. The molecule has 1 aromatic heterocycles. The third-order valence-electron chi connectivity index (χ3n) is 2.81. The van der Waals surface area contributed by atoms with Gasteiger partial charge in [-0.3, -0.25) is 4.72 Å². The van der Waals surface area contributed by atoms with Crippen molar-refractivity contribution in [2.24, 2.45) is 0 Å². The molecule has 0 saturated heterocycles. The Morgan fingerprint density at radius 2 is 2.14 bits per heavy atom. The van der Waals surface area contributed by atoms with Crippen molar-refractivity contribution in [2.75, 3.05) is 11.8 Å². The van der Waals surface area contributed by atoms with E-state index in [-0.39, 0.29) is 22.9 Å². The van der Waals surface area contributed by atoms with E-state index in [1.807, 2.05) is 0 Å². The van der Waals surface area contributed by atoms with Crippen LogP contribution in [-0.2, 0) is 16.6 Å². The maximum atomic E-state index is 13.1. The van der Waals surface area contributed by atoms with Gasteiger partial charge >= 0.3 is 0 Å². The SMILES string of the molecule is COc1cc(F)ccc1NS(=O)(=O)c1c(C)csc1CO. The zero-order valence-corrected chi connectivity index (χ0v) is 13.0. The van der Waals surface area contributed by atoms with E-state index in [1.54, 1.807) is 12.3 Å². The lowest BCUT2D eigenvalue weighted by Crippen LogP contribution is -2.15. The number of thiophene rings is 1. The predicted molar refractivity (Wildman–Crippen MR) is 78.7 cm³/mol. The van der Waals surface area contributed by atoms with Gasteiger partial charge < -0.3 is 9.84 Å². The summed E-state index contributed by atoms with van der Waals surface area (Å²) in [5.74, 6) is -0.449. The van der Waals surface area contributed by atoms with E-state index >= 15 is 0 Å². The number of methoxy groups -OCH3 is 1. The molecule has 5 nitrogen and oxygen atoms in total. The molecule has 1 heterocycles. The Hall–Kier alpha value is -1.64. The minimum atomic E-state index is -3.89. The molecule has 0 bridgehead atoms. The van der Waals surface area contributed by atoms with E-state index < -0.39 is 15.8 Å². The number of aryl methyl sites for hydroxylation is 1. The van der Waals surface area contributed by atoms with Gasteiger partial charge in [0.15, 0.2) is 0 Å². The average Bonchev–Trinajstić information content (AvgIpc) is 2.82. The van der Waals surface area contributed by atoms with Crippen molar-refractivity contribution in [1.29, 1.82) is 0 Å². The first-order chi connectivity index (χ1) is 9.89. The molecule has 8 heteroatoms. The summed E-state index contributed by atoms with van der Waals surface area (Å²) in [7, 11) is -2.57. The van der Waals surface area contributed by atoms with Crippen LogP contribution in [0.25, 0.3) is 0 Å². The quantitative estimate of drug-likeness (QED) is 0.883. The van der Waals surface area contributed by atoms with Gasteiger partial charge in [-0.2, -0.15) is 0 Å². The van der Waals surface area contributed by atoms with Crippen LogP contribution in [0.15, 0.2) is 28.5 Å². The molecule has 21 heavy (non-hydrogen) atoms. The first kappa shape index (κ1) is 15.7. The molecule has 0 aliphatic rings. The normalized spacial score (nSPS) is 11.4. The Morgan fingerprint density at radius 3 is 2.76 bits per heavy atom. The zero-order valence-electron chi connectivity index (χ0n) is 11.4. The van der Waals surface area contributed by atoms with Crippen molar-refractivity contribution in [2.45, 2.75) is 18.4 Å². The standard InChI is InChI=1S/C13H14FNO4S2/c1-8-7-20-12(6-16)13(8)21(17,18)15-10-4-3-9(14)5-11(10)19-2/h3-5,7,15-16H,6H2,1-2H3. The Bertz CT molecular complexity index is 756. The number of hydrogen-bond acceptors (Lipinski definition) is 5. The minimum Gasteiger partial charge on any atom is -0.494 e. The van der Waals surface area contributed by atoms with Crippen molar-refractivity contribution in [3.05, 3.63) is 39.8 Å². The number of sulfonamides is 1. The van der Waals surface area contributed by atoms with Crippen LogP contribution in [-0.4, -0.2) is 20.6 Å². The molecule has 0 atom stereocenters. The lowest BCUT2D eigenvalue weighted by atomic mass is 10.3. The smallest absolute Gasteiger partial charge is 0.263 e. The van der Waals surface area contributed by atoms with Gasteiger partial charge in [-0.05, 0) is 30.0 Å². The van der Waals surface area contributed by atoms with Crippen LogP contribution in [0.2, 0.25) is 0 Å². The number of aliphatic hydroxyl groups is 1. The van der Waals surface area contributed by atoms with E-state index in [2.05, 4.69) is 4.72 Å². The summed E-state index contributed by atoms with van der Waals surface area (Å²) in [6, 6.07) is 3.51. The number of hydrogen-bond donors (Lipinski definition) is 2. The summed E-state index contributed by atoms with van der Waals surface area (Å²) in [6.07, 6.45) is 0. The number of rotatable bonds is 5. The molecular formula is C13H14FNO4S2. The van der Waals surface area contributed by atoms with Gasteiger partial charge in [-0.1, -0.05) is 0 Å². The molecule has 2 N–H and O–H groups in total. The minimum absolute atomic E-state index is 0.0429. The van der Waals surface area contributed by atoms with Crippen molar-refractivity contribution in [3.8, 4) is 5.75 Å². The topological polar surface area (TPSA) is 75.6 Å². The first-order valence-corrected chi connectivity index (χ1v) is 8.29. The molecular weight excluding hydrogens is 317 g/mol. The van der Waals surface area contributed by atoms with Crippen LogP contribution in [0.5, 0.6) is 5.75 Å². The number of nitrogens with one attached hydrogen (secondary N) is 1. The van der Waals surface area contributed by atoms with Crippen molar-refractivity contribution in [3.63, 3.8) is 0 Å². The fraction of sp³-hybridized carbons (Fsp3) is 0.231. The predicted octanol–water partition coefficient (Wildman–Crippen LogP) is 2.50. The maximum Gasteiger partial charge on any atom is 0.263 e. The lowest BCUT2D eigenvalue weighted by molar-refractivity contribution is 0.282. The monoisotopic (exact) mass is 331 g/mol. The number of anilines is 1. The van der Waals surface area contributed by atoms with Crippen LogP contribution in [0.4, 0.5) is 10.1 Å². The molecule has 0 saturated carbocycles. The van der Waals surface area contributed by atoms with Crippen LogP contribution >= 0.6 is 11.3 Å². The van der Waals surface area contributed by atoms with Gasteiger partial charge in [-0.25, -0.2) is 12.8 Å². The Morgan fingerprint density at radius 1 is 1.43 bits per heavy atom. The fourth-order valence-electron chi connectivity index (χ4n) is 1.90. The van der Waals surface area contributed by atoms with E-state index in [0.29, 0.717) is 10.4 Å². The first-order valence-electron chi connectivity index (χ1n) is 5.93. The van der Waals surface area contributed by atoms with Crippen LogP contribution in [0, 0.1) is 12.7 Å². The summed E-state index contributed by atoms with van der Waals surface area (Å²) in [5.41, 5.74) is 0.672. The maximum absolute atomic E-state index is 13.1. The Kier molecular flexibility index (Phi) is 4.50. The van der Waals surface area contributed by atoms with E-state index in [4.69, 9.17) is 4.74 Å². The fourth-order valence-corrected chi connectivity index (χ4v) is 4.64. The molecule has 0 fully saturated rings. The zero-order chi connectivity index (χ0) is 15.6. The highest BCUT2D eigenvalue weighted by Gasteiger charge is 2.24. The molecule has 2 aromatic rings. The third kappa shape index (κ3) is 3.17. The second-order valence-corrected chi connectivity index (χ2v) is 6.86. The summed E-state index contributed by atoms with van der Waals surface area (Å²) in [4.78, 5) is 0.391. The van der Waals surface area contributed by atoms with Gasteiger partial charge in [-0.15, -0.1) is 11.3 Å². The second kappa shape index (κ2) is 6.00. The average molecular weight is 331 g/mol. The van der Waals surface area contributed by atoms with Gasteiger partial charge in [0.25, 0.3) is 10.0 Å². The largest absolute Gasteiger partial charge is 0.494 e. The number of halogens is 1. The molecule has 0 aliphatic carbocycles. The lowest BCUT2D eigenvalue weighted by Gasteiger charge is -2.12. The van der Waals surface area contributed by atoms with Gasteiger partial charge in [0.05, 0.1) is 24.3 Å². The number of benzene rings is 1. The second-order valence-electron chi connectivity index (χ2n) is 4.28. The van der Waals surface area contributed by atoms with Crippen molar-refractivity contribution < 1.29 is 22.7 Å². The summed E-state index contributed by atoms with van der Waals surface area (Å²) in [5, 5.41) is 10.9. The highest BCUT2D eigenvalue weighted by molar-refractivity contribution is 7.93. The number of ether oxygens (including phenoxy) is 1. The van der Waals surface area contributed by atoms with Crippen molar-refractivity contribution in [1.82, 2.24) is 0 Å². The van der Waals surface area contributed by atoms with Crippen LogP contribution in [0.1, 0.15) is 10.4 Å². The Balaban J connectivity index is 2.45. The molecule has 0 spiro atoms. The molecule has 1 aromatic carbocycles. The molecule has 0 radical (unpaired) electrons. The van der Waals surface area contributed by atoms with Gasteiger partial charge in [0.1, 0.15) is 16.5 Å². The van der Waals surface area contributed by atoms with Crippen molar-refractivity contribution >= 4 is 27.0 Å². The van der Waals surface area contributed by atoms with E-state index in [1.165, 1.54) is 24.5 Å². The molecule has 0 amide bonds. The van der Waals surface area contributed by atoms with E-state index in [0.717, 1.165) is 12.1 Å². The van der Waals surface area contributed by atoms with E-state index in [9.17, 15) is 17.9 Å². The third-order valence-corrected chi connectivity index (χ3v) is 5.62. The molecule has 2 rings (SSSR count). The number of aliphatic hydroxyl groups excluding tert-OH is 1. The highest BCUT2D eigenvalue weighted by Crippen LogP contribution is 2.31. The molecule has 0 unspecified atom stereocenters. The molecule has 0 aliphatic heterocycles. The summed E-state index contributed by atoms with van der Waals surface area (Å²) >= 11 is 1.17. The van der Waals surface area contributed by atoms with Crippen LogP contribution < -0.4 is 9.46 Å². The summed E-state index contributed by atoms with van der Waals surface area (Å²) in [6.45, 7) is 1.28. The van der Waals surface area contributed by atoms with Crippen LogP contribution in [0.3, 0.4) is 0 Å². The van der Waals surface area contributed by atoms with Gasteiger partial charge in [0, 0.05) is 6.07 Å². The Labute approximate surface area is 126 Å². The highest BCUT2D eigenvalue weighted by atomic mass is 32.2.